The molecule has 0 spiro atoms. The van der Waals surface area contributed by atoms with Gasteiger partial charge in [-0.1, -0.05) is 26.0 Å². The monoisotopic (exact) mass is 265 g/mol. The molecule has 2 aliphatic rings. The van der Waals surface area contributed by atoms with Gasteiger partial charge in [0.2, 0.25) is 0 Å². The van der Waals surface area contributed by atoms with E-state index in [1.165, 1.54) is 71.6 Å². The summed E-state index contributed by atoms with van der Waals surface area (Å²) in [6.07, 6.45) is 8.41. The Labute approximate surface area is 119 Å². The highest BCUT2D eigenvalue weighted by Gasteiger charge is 2.29. The van der Waals surface area contributed by atoms with Gasteiger partial charge in [-0.2, -0.15) is 0 Å². The summed E-state index contributed by atoms with van der Waals surface area (Å²) in [6, 6.07) is 0.828. The van der Waals surface area contributed by atoms with E-state index in [9.17, 15) is 0 Å². The molecule has 110 valence electrons. The summed E-state index contributed by atoms with van der Waals surface area (Å²) < 4.78 is 0. The molecule has 3 heteroatoms. The lowest BCUT2D eigenvalue weighted by Gasteiger charge is -2.37. The predicted octanol–water partition coefficient (Wildman–Crippen LogP) is 2.05. The molecule has 2 saturated heterocycles. The van der Waals surface area contributed by atoms with Crippen molar-refractivity contribution in [1.82, 2.24) is 14.7 Å². The molecule has 2 aliphatic heterocycles. The summed E-state index contributed by atoms with van der Waals surface area (Å²) in [5.41, 5.74) is 0. The van der Waals surface area contributed by atoms with Crippen molar-refractivity contribution in [1.29, 1.82) is 0 Å². The van der Waals surface area contributed by atoms with E-state index in [-0.39, 0.29) is 0 Å². The highest BCUT2D eigenvalue weighted by atomic mass is 15.3. The third-order valence-electron chi connectivity index (χ3n) is 4.63. The van der Waals surface area contributed by atoms with E-state index in [2.05, 4.69) is 40.7 Å². The molecular weight excluding hydrogens is 234 g/mol. The molecule has 0 aromatic heterocycles. The molecule has 0 aromatic carbocycles. The molecule has 0 aliphatic carbocycles. The number of nitrogens with zero attached hydrogens (tertiary/aromatic N) is 3. The first-order valence-corrected chi connectivity index (χ1v) is 8.17. The van der Waals surface area contributed by atoms with Gasteiger partial charge >= 0.3 is 0 Å². The Morgan fingerprint density at radius 2 is 1.74 bits per heavy atom. The fourth-order valence-corrected chi connectivity index (χ4v) is 3.30. The molecular formula is C16H31N3. The van der Waals surface area contributed by atoms with E-state index in [0.29, 0.717) is 0 Å². The van der Waals surface area contributed by atoms with E-state index in [4.69, 9.17) is 0 Å². The predicted molar refractivity (Wildman–Crippen MR) is 82.6 cm³/mol. The molecule has 0 aromatic rings. The van der Waals surface area contributed by atoms with Gasteiger partial charge in [-0.05, 0) is 32.4 Å². The SMILES string of the molecule is CC/C=C/CCN1CC[C@@H](N2CCN(CC)CC2)C1. The Morgan fingerprint density at radius 3 is 2.42 bits per heavy atom. The largest absolute Gasteiger partial charge is 0.301 e. The van der Waals surface area contributed by atoms with Crippen molar-refractivity contribution in [2.75, 3.05) is 52.4 Å². The topological polar surface area (TPSA) is 9.72 Å². The number of allylic oxidation sites excluding steroid dienone is 1. The van der Waals surface area contributed by atoms with Crippen molar-refractivity contribution >= 4 is 0 Å². The van der Waals surface area contributed by atoms with E-state index in [1.54, 1.807) is 0 Å². The Hall–Kier alpha value is -0.380. The lowest BCUT2D eigenvalue weighted by Crippen LogP contribution is -2.50. The maximum atomic E-state index is 2.73. The molecule has 1 atom stereocenters. The molecule has 0 radical (unpaired) electrons. The number of hydrogen-bond donors (Lipinski definition) is 0. The van der Waals surface area contributed by atoms with Crippen LogP contribution in [0.15, 0.2) is 12.2 Å². The van der Waals surface area contributed by atoms with Crippen molar-refractivity contribution in [3.8, 4) is 0 Å². The zero-order valence-electron chi connectivity index (χ0n) is 12.9. The third kappa shape index (κ3) is 4.59. The smallest absolute Gasteiger partial charge is 0.0236 e. The average molecular weight is 265 g/mol. The van der Waals surface area contributed by atoms with Gasteiger partial charge in [-0.3, -0.25) is 4.90 Å². The van der Waals surface area contributed by atoms with Gasteiger partial charge in [0.15, 0.2) is 0 Å². The second kappa shape index (κ2) is 8.03. The minimum atomic E-state index is 0.828. The number of piperazine rings is 1. The van der Waals surface area contributed by atoms with Crippen LogP contribution in [0, 0.1) is 0 Å². The van der Waals surface area contributed by atoms with Crippen LogP contribution in [0.3, 0.4) is 0 Å². The Morgan fingerprint density at radius 1 is 0.947 bits per heavy atom. The lowest BCUT2D eigenvalue weighted by atomic mass is 10.2. The first-order valence-electron chi connectivity index (χ1n) is 8.17. The average Bonchev–Trinajstić information content (AvgIpc) is 2.92. The molecule has 3 nitrogen and oxygen atoms in total. The van der Waals surface area contributed by atoms with E-state index < -0.39 is 0 Å². The van der Waals surface area contributed by atoms with Gasteiger partial charge in [0.1, 0.15) is 0 Å². The third-order valence-corrected chi connectivity index (χ3v) is 4.63. The summed E-state index contributed by atoms with van der Waals surface area (Å²) >= 11 is 0. The zero-order valence-corrected chi connectivity index (χ0v) is 12.9. The highest BCUT2D eigenvalue weighted by molar-refractivity contribution is 4.88. The summed E-state index contributed by atoms with van der Waals surface area (Å²) in [5.74, 6) is 0. The van der Waals surface area contributed by atoms with Crippen LogP contribution < -0.4 is 0 Å². The van der Waals surface area contributed by atoms with Crippen molar-refractivity contribution in [3.63, 3.8) is 0 Å². The van der Waals surface area contributed by atoms with Gasteiger partial charge < -0.3 is 9.80 Å². The molecule has 0 saturated carbocycles. The second-order valence-electron chi connectivity index (χ2n) is 5.88. The van der Waals surface area contributed by atoms with Gasteiger partial charge in [0.05, 0.1) is 0 Å². The van der Waals surface area contributed by atoms with E-state index >= 15 is 0 Å². The minimum Gasteiger partial charge on any atom is -0.301 e. The minimum absolute atomic E-state index is 0.828. The second-order valence-corrected chi connectivity index (χ2v) is 5.88. The number of hydrogen-bond acceptors (Lipinski definition) is 3. The maximum Gasteiger partial charge on any atom is 0.0236 e. The summed E-state index contributed by atoms with van der Waals surface area (Å²) in [4.78, 5) is 7.95. The highest BCUT2D eigenvalue weighted by Crippen LogP contribution is 2.17. The van der Waals surface area contributed by atoms with Gasteiger partial charge in [-0.15, -0.1) is 0 Å². The summed E-state index contributed by atoms with van der Waals surface area (Å²) in [7, 11) is 0. The van der Waals surface area contributed by atoms with Crippen molar-refractivity contribution in [2.45, 2.75) is 39.2 Å². The van der Waals surface area contributed by atoms with Crippen LogP contribution in [-0.4, -0.2) is 73.1 Å². The molecule has 0 unspecified atom stereocenters. The quantitative estimate of drug-likeness (QED) is 0.681. The maximum absolute atomic E-state index is 2.73. The van der Waals surface area contributed by atoms with Crippen molar-refractivity contribution in [2.24, 2.45) is 0 Å². The fourth-order valence-electron chi connectivity index (χ4n) is 3.30. The Kier molecular flexibility index (Phi) is 6.35. The van der Waals surface area contributed by atoms with Gasteiger partial charge in [-0.25, -0.2) is 0 Å². The number of rotatable bonds is 6. The first kappa shape index (κ1) is 15.0. The van der Waals surface area contributed by atoms with Crippen molar-refractivity contribution in [3.05, 3.63) is 12.2 Å². The molecule has 0 amide bonds. The van der Waals surface area contributed by atoms with Crippen LogP contribution >= 0.6 is 0 Å². The van der Waals surface area contributed by atoms with Crippen molar-refractivity contribution < 1.29 is 0 Å². The van der Waals surface area contributed by atoms with Gasteiger partial charge in [0.25, 0.3) is 0 Å². The first-order chi connectivity index (χ1) is 9.33. The van der Waals surface area contributed by atoms with Crippen LogP contribution in [-0.2, 0) is 0 Å². The number of likely N-dealkylation sites (tertiary alicyclic amines) is 1. The zero-order chi connectivity index (χ0) is 13.5. The summed E-state index contributed by atoms with van der Waals surface area (Å²) in [6.45, 7) is 14.7. The van der Waals surface area contributed by atoms with Crippen LogP contribution in [0.5, 0.6) is 0 Å². The van der Waals surface area contributed by atoms with Crippen LogP contribution in [0.25, 0.3) is 0 Å². The van der Waals surface area contributed by atoms with Crippen LogP contribution in [0.2, 0.25) is 0 Å². The van der Waals surface area contributed by atoms with E-state index in [1.807, 2.05) is 0 Å². The lowest BCUT2D eigenvalue weighted by molar-refractivity contribution is 0.101. The Bertz CT molecular complexity index is 269. The molecule has 2 heterocycles. The van der Waals surface area contributed by atoms with Crippen LogP contribution in [0.4, 0.5) is 0 Å². The standard InChI is InChI=1S/C16H31N3/c1-3-5-6-7-9-18-10-8-16(15-18)19-13-11-17(4-2)12-14-19/h5-6,16H,3-4,7-15H2,1-2H3/b6-5+/t16-/m1/s1. The molecule has 0 N–H and O–H groups in total. The molecule has 19 heavy (non-hydrogen) atoms. The molecule has 2 rings (SSSR count). The Balaban J connectivity index is 1.66. The van der Waals surface area contributed by atoms with Gasteiger partial charge in [0, 0.05) is 45.3 Å². The summed E-state index contributed by atoms with van der Waals surface area (Å²) in [5, 5.41) is 0. The molecule has 2 fully saturated rings. The normalized spacial score (nSPS) is 27.6. The van der Waals surface area contributed by atoms with Crippen LogP contribution in [0.1, 0.15) is 33.1 Å². The fraction of sp³-hybridized carbons (Fsp3) is 0.875. The van der Waals surface area contributed by atoms with E-state index in [0.717, 1.165) is 6.04 Å². The number of likely N-dealkylation sites (N-methyl/N-ethyl adjacent to an activating group) is 1. The molecule has 0 bridgehead atoms.